The average molecular weight is 336 g/mol. The molecule has 0 saturated carbocycles. The van der Waals surface area contributed by atoms with Crippen LogP contribution in [0.25, 0.3) is 0 Å². The van der Waals surface area contributed by atoms with E-state index in [0.717, 1.165) is 5.56 Å². The molecule has 0 aliphatic rings. The maximum absolute atomic E-state index is 11.7. The van der Waals surface area contributed by atoms with Gasteiger partial charge in [0.2, 0.25) is 9.05 Å². The fourth-order valence-corrected chi connectivity index (χ4v) is 2.45. The molecule has 8 heteroatoms. The van der Waals surface area contributed by atoms with Crippen LogP contribution >= 0.6 is 10.7 Å². The van der Waals surface area contributed by atoms with Gasteiger partial charge in [-0.15, -0.1) is 0 Å². The Morgan fingerprint density at radius 2 is 2.00 bits per heavy atom. The van der Waals surface area contributed by atoms with Gasteiger partial charge in [0.15, 0.2) is 0 Å². The molecule has 1 aromatic carbocycles. The van der Waals surface area contributed by atoms with Crippen molar-refractivity contribution < 1.29 is 22.7 Å². The van der Waals surface area contributed by atoms with E-state index in [1.54, 1.807) is 0 Å². The normalized spacial score (nSPS) is 12.7. The summed E-state index contributed by atoms with van der Waals surface area (Å²) in [6, 6.07) is 8.74. The van der Waals surface area contributed by atoms with Crippen molar-refractivity contribution in [2.75, 3.05) is 19.5 Å². The van der Waals surface area contributed by atoms with Crippen molar-refractivity contribution in [3.63, 3.8) is 0 Å². The van der Waals surface area contributed by atoms with Crippen LogP contribution in [0.15, 0.2) is 30.3 Å². The van der Waals surface area contributed by atoms with E-state index in [-0.39, 0.29) is 25.4 Å². The minimum absolute atomic E-state index is 0.139. The predicted octanol–water partition coefficient (Wildman–Crippen LogP) is 1.89. The van der Waals surface area contributed by atoms with Crippen LogP contribution in [0.5, 0.6) is 0 Å². The summed E-state index contributed by atoms with van der Waals surface area (Å²) in [5.74, 6) is -0.248. The lowest BCUT2D eigenvalue weighted by atomic mass is 10.2. The molecule has 0 bridgehead atoms. The van der Waals surface area contributed by atoms with Crippen molar-refractivity contribution in [3.05, 3.63) is 35.9 Å². The van der Waals surface area contributed by atoms with Crippen LogP contribution in [0.3, 0.4) is 0 Å². The molecule has 0 heterocycles. The van der Waals surface area contributed by atoms with Crippen molar-refractivity contribution in [1.82, 2.24) is 5.32 Å². The largest absolute Gasteiger partial charge is 0.445 e. The Bertz CT molecular complexity index is 535. The first-order chi connectivity index (χ1) is 9.90. The van der Waals surface area contributed by atoms with Crippen molar-refractivity contribution in [2.45, 2.75) is 19.1 Å². The molecule has 118 valence electrons. The van der Waals surface area contributed by atoms with Crippen LogP contribution in [0.1, 0.15) is 12.0 Å². The molecule has 0 saturated heterocycles. The van der Waals surface area contributed by atoms with E-state index in [0.29, 0.717) is 0 Å². The van der Waals surface area contributed by atoms with Crippen LogP contribution in [0.2, 0.25) is 0 Å². The standard InChI is InChI=1S/C13H18ClNO5S/c1-19-10-12(7-8-21(14,17)18)15-13(16)20-9-11-5-3-2-4-6-11/h2-6,12H,7-10H2,1H3,(H,15,16). The van der Waals surface area contributed by atoms with Gasteiger partial charge in [0.1, 0.15) is 6.61 Å². The number of rotatable bonds is 8. The van der Waals surface area contributed by atoms with Gasteiger partial charge in [0.05, 0.1) is 18.4 Å². The van der Waals surface area contributed by atoms with Gasteiger partial charge in [-0.1, -0.05) is 30.3 Å². The number of nitrogens with one attached hydrogen (secondary N) is 1. The topological polar surface area (TPSA) is 81.7 Å². The Morgan fingerprint density at radius 1 is 1.33 bits per heavy atom. The number of hydrogen-bond donors (Lipinski definition) is 1. The fraction of sp³-hybridized carbons (Fsp3) is 0.462. The summed E-state index contributed by atoms with van der Waals surface area (Å²) in [6.07, 6.45) is -0.479. The molecule has 1 atom stereocenters. The smallest absolute Gasteiger partial charge is 0.407 e. The SMILES string of the molecule is COCC(CCS(=O)(=O)Cl)NC(=O)OCc1ccccc1. The van der Waals surface area contributed by atoms with Gasteiger partial charge < -0.3 is 14.8 Å². The maximum atomic E-state index is 11.7. The van der Waals surface area contributed by atoms with E-state index in [4.69, 9.17) is 20.2 Å². The van der Waals surface area contributed by atoms with Gasteiger partial charge in [-0.3, -0.25) is 0 Å². The Morgan fingerprint density at radius 3 is 2.57 bits per heavy atom. The van der Waals surface area contributed by atoms with Gasteiger partial charge in [-0.25, -0.2) is 13.2 Å². The zero-order valence-corrected chi connectivity index (χ0v) is 13.2. The summed E-state index contributed by atoms with van der Waals surface area (Å²) in [5.41, 5.74) is 0.860. The lowest BCUT2D eigenvalue weighted by Gasteiger charge is -2.17. The molecule has 1 rings (SSSR count). The summed E-state index contributed by atoms with van der Waals surface area (Å²) in [5, 5.41) is 2.55. The molecule has 6 nitrogen and oxygen atoms in total. The van der Waals surface area contributed by atoms with E-state index in [2.05, 4.69) is 5.32 Å². The van der Waals surface area contributed by atoms with Crippen molar-refractivity contribution in [2.24, 2.45) is 0 Å². The highest BCUT2D eigenvalue weighted by atomic mass is 35.7. The first kappa shape index (κ1) is 17.7. The fourth-order valence-electron chi connectivity index (χ4n) is 1.61. The highest BCUT2D eigenvalue weighted by Gasteiger charge is 2.16. The first-order valence-electron chi connectivity index (χ1n) is 6.29. The van der Waals surface area contributed by atoms with Crippen molar-refractivity contribution >= 4 is 25.8 Å². The van der Waals surface area contributed by atoms with Gasteiger partial charge >= 0.3 is 6.09 Å². The second-order valence-corrected chi connectivity index (χ2v) is 7.29. The van der Waals surface area contributed by atoms with Gasteiger partial charge in [0.25, 0.3) is 0 Å². The number of benzene rings is 1. The lowest BCUT2D eigenvalue weighted by molar-refractivity contribution is 0.120. The Hall–Kier alpha value is -1.31. The number of amides is 1. The number of hydrogen-bond acceptors (Lipinski definition) is 5. The van der Waals surface area contributed by atoms with Gasteiger partial charge in [0, 0.05) is 17.8 Å². The van der Waals surface area contributed by atoms with Crippen molar-refractivity contribution in [1.29, 1.82) is 0 Å². The average Bonchev–Trinajstić information content (AvgIpc) is 2.43. The molecule has 1 amide bonds. The summed E-state index contributed by atoms with van der Waals surface area (Å²) in [6.45, 7) is 0.313. The monoisotopic (exact) mass is 335 g/mol. The summed E-state index contributed by atoms with van der Waals surface area (Å²) >= 11 is 0. The molecular formula is C13H18ClNO5S. The zero-order chi connectivity index (χ0) is 15.7. The number of carbonyl (C=O) groups excluding carboxylic acids is 1. The second kappa shape index (κ2) is 8.86. The third-order valence-corrected chi connectivity index (χ3v) is 3.80. The van der Waals surface area contributed by atoms with E-state index >= 15 is 0 Å². The van der Waals surface area contributed by atoms with Crippen LogP contribution in [-0.4, -0.2) is 40.0 Å². The maximum Gasteiger partial charge on any atom is 0.407 e. The molecule has 0 aromatic heterocycles. The molecule has 0 fully saturated rings. The summed E-state index contributed by atoms with van der Waals surface area (Å²) < 4.78 is 31.8. The predicted molar refractivity (Wildman–Crippen MR) is 79.7 cm³/mol. The lowest BCUT2D eigenvalue weighted by Crippen LogP contribution is -2.39. The van der Waals surface area contributed by atoms with E-state index in [1.165, 1.54) is 7.11 Å². The van der Waals surface area contributed by atoms with Gasteiger partial charge in [-0.05, 0) is 12.0 Å². The Kier molecular flexibility index (Phi) is 7.49. The first-order valence-corrected chi connectivity index (χ1v) is 8.77. The third-order valence-electron chi connectivity index (χ3n) is 2.61. The van der Waals surface area contributed by atoms with Crippen LogP contribution in [0.4, 0.5) is 4.79 Å². The van der Waals surface area contributed by atoms with Crippen LogP contribution < -0.4 is 5.32 Å². The van der Waals surface area contributed by atoms with Gasteiger partial charge in [-0.2, -0.15) is 0 Å². The molecule has 0 radical (unpaired) electrons. The minimum atomic E-state index is -3.60. The number of methoxy groups -OCH3 is 1. The minimum Gasteiger partial charge on any atom is -0.445 e. The Balaban J connectivity index is 2.41. The summed E-state index contributed by atoms with van der Waals surface area (Å²) in [7, 11) is 3.00. The zero-order valence-electron chi connectivity index (χ0n) is 11.6. The number of halogens is 1. The second-order valence-electron chi connectivity index (χ2n) is 4.39. The molecule has 1 aromatic rings. The molecule has 1 N–H and O–H groups in total. The van der Waals surface area contributed by atoms with E-state index < -0.39 is 21.2 Å². The third kappa shape index (κ3) is 8.54. The summed E-state index contributed by atoms with van der Waals surface area (Å²) in [4.78, 5) is 11.7. The Labute approximate surface area is 128 Å². The van der Waals surface area contributed by atoms with Crippen LogP contribution in [0, 0.1) is 0 Å². The number of alkyl carbamates (subject to hydrolysis) is 1. The number of carbonyl (C=O) groups is 1. The quantitative estimate of drug-likeness (QED) is 0.734. The van der Waals surface area contributed by atoms with E-state index in [9.17, 15) is 13.2 Å². The highest BCUT2D eigenvalue weighted by Crippen LogP contribution is 2.04. The van der Waals surface area contributed by atoms with Crippen LogP contribution in [-0.2, 0) is 25.1 Å². The molecule has 0 spiro atoms. The van der Waals surface area contributed by atoms with E-state index in [1.807, 2.05) is 30.3 Å². The molecule has 21 heavy (non-hydrogen) atoms. The van der Waals surface area contributed by atoms with Crippen molar-refractivity contribution in [3.8, 4) is 0 Å². The molecule has 1 unspecified atom stereocenters. The number of ether oxygens (including phenoxy) is 2. The molecule has 0 aliphatic carbocycles. The highest BCUT2D eigenvalue weighted by molar-refractivity contribution is 8.13. The molecule has 0 aliphatic heterocycles. The molecular weight excluding hydrogens is 318 g/mol.